The maximum absolute atomic E-state index is 11.1. The summed E-state index contributed by atoms with van der Waals surface area (Å²) in [5, 5.41) is 0. The molecule has 1 heteroatoms. The number of carbonyl (C=O) groups is 1. The Labute approximate surface area is 54.8 Å². The Balaban J connectivity index is 2.36. The number of allylic oxidation sites excluding steroid dienone is 2. The van der Waals surface area contributed by atoms with Crippen molar-refractivity contribution in [1.82, 2.24) is 0 Å². The molecule has 2 rings (SSSR count). The highest BCUT2D eigenvalue weighted by Gasteiger charge is 2.40. The molecule has 0 unspecified atom stereocenters. The van der Waals surface area contributed by atoms with Crippen LogP contribution in [0.25, 0.3) is 0 Å². The van der Waals surface area contributed by atoms with E-state index in [1.807, 2.05) is 0 Å². The van der Waals surface area contributed by atoms with Crippen molar-refractivity contribution < 1.29 is 4.79 Å². The van der Waals surface area contributed by atoms with Gasteiger partial charge in [0.25, 0.3) is 0 Å². The Hall–Kier alpha value is -0.590. The molecule has 1 fully saturated rings. The molecule has 0 saturated heterocycles. The average molecular weight is 122 g/mol. The van der Waals surface area contributed by atoms with Gasteiger partial charge in [0.15, 0.2) is 0 Å². The third kappa shape index (κ3) is 0.521. The van der Waals surface area contributed by atoms with E-state index >= 15 is 0 Å². The number of fused-ring (bicyclic) bond motifs is 2. The number of ketones is 1. The highest BCUT2D eigenvalue weighted by atomic mass is 16.1. The van der Waals surface area contributed by atoms with Gasteiger partial charge in [-0.2, -0.15) is 0 Å². The van der Waals surface area contributed by atoms with Gasteiger partial charge in [0, 0.05) is 11.8 Å². The predicted molar refractivity (Wildman–Crippen MR) is 34.9 cm³/mol. The topological polar surface area (TPSA) is 17.1 Å². The van der Waals surface area contributed by atoms with Crippen LogP contribution in [-0.2, 0) is 4.79 Å². The van der Waals surface area contributed by atoms with Gasteiger partial charge in [-0.3, -0.25) is 4.79 Å². The van der Waals surface area contributed by atoms with Crippen LogP contribution in [0.3, 0.4) is 0 Å². The second-order valence-electron chi connectivity index (χ2n) is 3.13. The lowest BCUT2D eigenvalue weighted by Gasteiger charge is -2.07. The summed E-state index contributed by atoms with van der Waals surface area (Å²) in [6, 6.07) is 0. The van der Waals surface area contributed by atoms with Gasteiger partial charge in [0.2, 0.25) is 0 Å². The molecule has 0 heterocycles. The van der Waals surface area contributed by atoms with Crippen molar-refractivity contribution in [2.75, 3.05) is 0 Å². The molecule has 9 heavy (non-hydrogen) atoms. The minimum absolute atomic E-state index is 0.287. The standard InChI is InChI=1S/C8H10O/c1-5-4-6-2-3-7(5)8(6)9/h2-3,5-7H,4H2,1H3/t5-,6+,7-/m1/s1. The Kier molecular flexibility index (Phi) is 0.850. The quantitative estimate of drug-likeness (QED) is 0.444. The van der Waals surface area contributed by atoms with Crippen LogP contribution in [-0.4, -0.2) is 5.78 Å². The molecule has 2 bridgehead atoms. The first-order valence-electron chi connectivity index (χ1n) is 3.51. The second kappa shape index (κ2) is 1.47. The molecule has 0 aliphatic heterocycles. The largest absolute Gasteiger partial charge is 0.298 e. The van der Waals surface area contributed by atoms with E-state index in [1.54, 1.807) is 0 Å². The summed E-state index contributed by atoms with van der Waals surface area (Å²) < 4.78 is 0. The van der Waals surface area contributed by atoms with Crippen molar-refractivity contribution in [3.8, 4) is 0 Å². The molecule has 1 saturated carbocycles. The Bertz CT molecular complexity index is 181. The van der Waals surface area contributed by atoms with E-state index in [4.69, 9.17) is 0 Å². The molecule has 0 spiro atoms. The third-order valence-electron chi connectivity index (χ3n) is 2.48. The number of hydrogen-bond acceptors (Lipinski definition) is 1. The summed E-state index contributed by atoms with van der Waals surface area (Å²) >= 11 is 0. The fourth-order valence-electron chi connectivity index (χ4n) is 1.90. The molecular formula is C8H10O. The summed E-state index contributed by atoms with van der Waals surface area (Å²) in [6.07, 6.45) is 5.23. The van der Waals surface area contributed by atoms with Gasteiger partial charge in [0.1, 0.15) is 5.78 Å². The fraction of sp³-hybridized carbons (Fsp3) is 0.625. The molecule has 0 N–H and O–H groups in total. The van der Waals surface area contributed by atoms with Gasteiger partial charge in [-0.15, -0.1) is 0 Å². The number of carbonyl (C=O) groups excluding carboxylic acids is 1. The van der Waals surface area contributed by atoms with Gasteiger partial charge in [0.05, 0.1) is 0 Å². The van der Waals surface area contributed by atoms with E-state index in [9.17, 15) is 4.79 Å². The number of rotatable bonds is 0. The van der Waals surface area contributed by atoms with E-state index in [-0.39, 0.29) is 5.92 Å². The van der Waals surface area contributed by atoms with Crippen molar-refractivity contribution in [3.63, 3.8) is 0 Å². The van der Waals surface area contributed by atoms with Gasteiger partial charge in [-0.1, -0.05) is 19.1 Å². The zero-order chi connectivity index (χ0) is 6.43. The highest BCUT2D eigenvalue weighted by Crippen LogP contribution is 2.39. The maximum atomic E-state index is 11.1. The first-order chi connectivity index (χ1) is 4.29. The van der Waals surface area contributed by atoms with Gasteiger partial charge in [-0.25, -0.2) is 0 Å². The van der Waals surface area contributed by atoms with Crippen molar-refractivity contribution in [2.45, 2.75) is 13.3 Å². The van der Waals surface area contributed by atoms with E-state index < -0.39 is 0 Å². The Morgan fingerprint density at radius 1 is 1.56 bits per heavy atom. The lowest BCUT2D eigenvalue weighted by atomic mass is 9.96. The molecule has 2 aliphatic rings. The third-order valence-corrected chi connectivity index (χ3v) is 2.48. The molecule has 0 aromatic rings. The van der Waals surface area contributed by atoms with Crippen molar-refractivity contribution in [2.24, 2.45) is 17.8 Å². The van der Waals surface area contributed by atoms with Crippen LogP contribution in [0.15, 0.2) is 12.2 Å². The maximum Gasteiger partial charge on any atom is 0.146 e. The lowest BCUT2D eigenvalue weighted by molar-refractivity contribution is -0.121. The monoisotopic (exact) mass is 122 g/mol. The van der Waals surface area contributed by atoms with Crippen LogP contribution < -0.4 is 0 Å². The zero-order valence-electron chi connectivity index (χ0n) is 5.50. The van der Waals surface area contributed by atoms with Crippen molar-refractivity contribution >= 4 is 5.78 Å². The van der Waals surface area contributed by atoms with Crippen LogP contribution in [0.2, 0.25) is 0 Å². The molecule has 2 aliphatic carbocycles. The van der Waals surface area contributed by atoms with Crippen LogP contribution in [0.5, 0.6) is 0 Å². The predicted octanol–water partition coefficient (Wildman–Crippen LogP) is 1.40. The van der Waals surface area contributed by atoms with Gasteiger partial charge >= 0.3 is 0 Å². The zero-order valence-corrected chi connectivity index (χ0v) is 5.50. The molecule has 48 valence electrons. The molecular weight excluding hydrogens is 112 g/mol. The Morgan fingerprint density at radius 2 is 2.33 bits per heavy atom. The molecule has 0 aromatic carbocycles. The molecule has 0 radical (unpaired) electrons. The second-order valence-corrected chi connectivity index (χ2v) is 3.13. The number of Topliss-reactive ketones (excluding diaryl/α,β-unsaturated/α-hetero) is 1. The van der Waals surface area contributed by atoms with Crippen molar-refractivity contribution in [1.29, 1.82) is 0 Å². The van der Waals surface area contributed by atoms with E-state index in [0.717, 1.165) is 6.42 Å². The summed E-state index contributed by atoms with van der Waals surface area (Å²) in [5.74, 6) is 1.66. The summed E-state index contributed by atoms with van der Waals surface area (Å²) in [4.78, 5) is 11.1. The normalized spacial score (nSPS) is 46.8. The van der Waals surface area contributed by atoms with Crippen molar-refractivity contribution in [3.05, 3.63) is 12.2 Å². The van der Waals surface area contributed by atoms with E-state index in [2.05, 4.69) is 19.1 Å². The molecule has 1 nitrogen and oxygen atoms in total. The average Bonchev–Trinajstić information content (AvgIpc) is 2.25. The summed E-state index contributed by atoms with van der Waals surface area (Å²) in [6.45, 7) is 2.16. The molecule has 3 atom stereocenters. The van der Waals surface area contributed by atoms with Crippen LogP contribution in [0.1, 0.15) is 13.3 Å². The molecule has 0 amide bonds. The minimum atomic E-state index is 0.287. The molecule has 0 aromatic heterocycles. The minimum Gasteiger partial charge on any atom is -0.298 e. The van der Waals surface area contributed by atoms with E-state index in [1.165, 1.54) is 0 Å². The SMILES string of the molecule is C[C@@H]1C[C@@H]2C=C[C@H]1C2=O. The van der Waals surface area contributed by atoms with Gasteiger partial charge in [-0.05, 0) is 12.3 Å². The van der Waals surface area contributed by atoms with Crippen LogP contribution in [0, 0.1) is 17.8 Å². The smallest absolute Gasteiger partial charge is 0.146 e. The summed E-state index contributed by atoms with van der Waals surface area (Å²) in [5.41, 5.74) is 0. The Morgan fingerprint density at radius 3 is 2.56 bits per heavy atom. The lowest BCUT2D eigenvalue weighted by Crippen LogP contribution is -2.06. The fourth-order valence-corrected chi connectivity index (χ4v) is 1.90. The first kappa shape index (κ1) is 5.21. The van der Waals surface area contributed by atoms with E-state index in [0.29, 0.717) is 17.6 Å². The van der Waals surface area contributed by atoms with Crippen LogP contribution in [0.4, 0.5) is 0 Å². The summed E-state index contributed by atoms with van der Waals surface area (Å²) in [7, 11) is 0. The first-order valence-corrected chi connectivity index (χ1v) is 3.51. The highest BCUT2D eigenvalue weighted by molar-refractivity contribution is 5.91. The van der Waals surface area contributed by atoms with Gasteiger partial charge < -0.3 is 0 Å². The number of hydrogen-bond donors (Lipinski definition) is 0. The van der Waals surface area contributed by atoms with Crippen LogP contribution >= 0.6 is 0 Å².